The Hall–Kier alpha value is -3.47. The van der Waals surface area contributed by atoms with E-state index in [2.05, 4.69) is 15.5 Å². The summed E-state index contributed by atoms with van der Waals surface area (Å²) < 4.78 is 0. The van der Waals surface area contributed by atoms with Gasteiger partial charge in [-0.3, -0.25) is 9.59 Å². The number of nitrogens with zero attached hydrogens (tertiary/aromatic N) is 5. The van der Waals surface area contributed by atoms with Crippen LogP contribution in [0.4, 0.5) is 17.2 Å². The molecule has 1 aliphatic heterocycles. The van der Waals surface area contributed by atoms with E-state index in [0.29, 0.717) is 17.2 Å². The first-order valence-corrected chi connectivity index (χ1v) is 8.15. The van der Waals surface area contributed by atoms with Crippen LogP contribution in [0.1, 0.15) is 19.0 Å². The van der Waals surface area contributed by atoms with Crippen LogP contribution in [-0.2, 0) is 9.59 Å². The maximum Gasteiger partial charge on any atom is 0.246 e. The van der Waals surface area contributed by atoms with E-state index in [-0.39, 0.29) is 36.5 Å². The number of nitriles is 1. The van der Waals surface area contributed by atoms with Gasteiger partial charge >= 0.3 is 0 Å². The number of amides is 2. The zero-order valence-electron chi connectivity index (χ0n) is 14.5. The second kappa shape index (κ2) is 7.19. The third-order valence-corrected chi connectivity index (χ3v) is 4.16. The molecule has 0 spiro atoms. The number of likely N-dealkylation sites (N-methyl/N-ethyl adjacent to an activating group) is 1. The highest BCUT2D eigenvalue weighted by atomic mass is 16.2. The highest BCUT2D eigenvalue weighted by Crippen LogP contribution is 2.31. The Labute approximate surface area is 151 Å². The van der Waals surface area contributed by atoms with Crippen LogP contribution in [0.3, 0.4) is 0 Å². The molecule has 0 saturated carbocycles. The molecule has 8 heteroatoms. The summed E-state index contributed by atoms with van der Waals surface area (Å²) in [5.74, 6) is 0.212. The standard InChI is InChI=1S/C18H18N6O2/c1-12-9-17(25)20-14-5-3-4-6-15(14)24(12)18(26)11-23(2)16-8-7-13(10-19)21-22-16/h3-8,12H,9,11H2,1-2H3,(H,20,25). The fraction of sp³-hybridized carbons (Fsp3) is 0.278. The van der Waals surface area contributed by atoms with Crippen molar-refractivity contribution in [3.63, 3.8) is 0 Å². The molecule has 1 aromatic heterocycles. The lowest BCUT2D eigenvalue weighted by Crippen LogP contribution is -2.44. The number of hydrogen-bond acceptors (Lipinski definition) is 6. The van der Waals surface area contributed by atoms with Gasteiger partial charge in [0.15, 0.2) is 11.5 Å². The Morgan fingerprint density at radius 1 is 1.35 bits per heavy atom. The average molecular weight is 350 g/mol. The third-order valence-electron chi connectivity index (χ3n) is 4.16. The monoisotopic (exact) mass is 350 g/mol. The number of nitrogens with one attached hydrogen (secondary N) is 1. The Morgan fingerprint density at radius 3 is 2.81 bits per heavy atom. The molecule has 1 N–H and O–H groups in total. The first kappa shape index (κ1) is 17.4. The van der Waals surface area contributed by atoms with Crippen molar-refractivity contribution in [3.05, 3.63) is 42.1 Å². The number of anilines is 3. The summed E-state index contributed by atoms with van der Waals surface area (Å²) in [6.45, 7) is 1.91. The van der Waals surface area contributed by atoms with Gasteiger partial charge in [-0.15, -0.1) is 10.2 Å². The molecular formula is C18H18N6O2. The summed E-state index contributed by atoms with van der Waals surface area (Å²) in [5.41, 5.74) is 1.51. The molecule has 1 aromatic carbocycles. The number of benzene rings is 1. The van der Waals surface area contributed by atoms with Gasteiger partial charge in [0.05, 0.1) is 17.9 Å². The molecule has 2 aromatic rings. The summed E-state index contributed by atoms with van der Waals surface area (Å²) in [5, 5.41) is 19.4. The molecule has 0 radical (unpaired) electrons. The van der Waals surface area contributed by atoms with Gasteiger partial charge in [0.1, 0.15) is 6.07 Å². The largest absolute Gasteiger partial charge is 0.349 e. The summed E-state index contributed by atoms with van der Waals surface area (Å²) in [4.78, 5) is 28.3. The molecule has 2 amide bonds. The molecule has 2 heterocycles. The van der Waals surface area contributed by atoms with E-state index in [1.165, 1.54) is 0 Å². The lowest BCUT2D eigenvalue weighted by Gasteiger charge is -2.29. The molecule has 0 saturated heterocycles. The van der Waals surface area contributed by atoms with Crippen molar-refractivity contribution >= 4 is 29.0 Å². The van der Waals surface area contributed by atoms with Crippen molar-refractivity contribution in [1.82, 2.24) is 10.2 Å². The molecule has 8 nitrogen and oxygen atoms in total. The summed E-state index contributed by atoms with van der Waals surface area (Å²) >= 11 is 0. The van der Waals surface area contributed by atoms with E-state index in [4.69, 9.17) is 5.26 Å². The number of carbonyl (C=O) groups excluding carboxylic acids is 2. The molecule has 0 bridgehead atoms. The van der Waals surface area contributed by atoms with E-state index >= 15 is 0 Å². The van der Waals surface area contributed by atoms with Gasteiger partial charge in [-0.2, -0.15) is 5.26 Å². The Balaban J connectivity index is 1.83. The fourth-order valence-corrected chi connectivity index (χ4v) is 2.92. The predicted octanol–water partition coefficient (Wildman–Crippen LogP) is 1.55. The van der Waals surface area contributed by atoms with E-state index in [1.54, 1.807) is 35.0 Å². The van der Waals surface area contributed by atoms with Gasteiger partial charge in [-0.05, 0) is 31.2 Å². The van der Waals surface area contributed by atoms with E-state index < -0.39 is 0 Å². The van der Waals surface area contributed by atoms with E-state index in [9.17, 15) is 9.59 Å². The van der Waals surface area contributed by atoms with Gasteiger partial charge in [0.2, 0.25) is 11.8 Å². The number of fused-ring (bicyclic) bond motifs is 1. The first-order valence-electron chi connectivity index (χ1n) is 8.15. The van der Waals surface area contributed by atoms with Gasteiger partial charge < -0.3 is 15.1 Å². The van der Waals surface area contributed by atoms with Crippen molar-refractivity contribution in [2.45, 2.75) is 19.4 Å². The molecule has 0 aliphatic carbocycles. The van der Waals surface area contributed by atoms with Gasteiger partial charge in [-0.25, -0.2) is 0 Å². The van der Waals surface area contributed by atoms with Crippen LogP contribution in [-0.4, -0.2) is 41.6 Å². The predicted molar refractivity (Wildman–Crippen MR) is 96.7 cm³/mol. The molecule has 0 fully saturated rings. The van der Waals surface area contributed by atoms with Crippen LogP contribution in [0.25, 0.3) is 0 Å². The number of aromatic nitrogens is 2. The Kier molecular flexibility index (Phi) is 4.80. The van der Waals surface area contributed by atoms with Crippen LogP contribution in [0.2, 0.25) is 0 Å². The lowest BCUT2D eigenvalue weighted by molar-refractivity contribution is -0.118. The molecular weight excluding hydrogens is 332 g/mol. The minimum Gasteiger partial charge on any atom is -0.349 e. The van der Waals surface area contributed by atoms with Gasteiger partial charge in [0.25, 0.3) is 0 Å². The maximum absolute atomic E-state index is 13.0. The fourth-order valence-electron chi connectivity index (χ4n) is 2.92. The summed E-state index contributed by atoms with van der Waals surface area (Å²) in [6, 6.07) is 12.1. The second-order valence-corrected chi connectivity index (χ2v) is 6.13. The SMILES string of the molecule is CC1CC(=O)Nc2ccccc2N1C(=O)CN(C)c1ccc(C#N)nn1. The molecule has 132 valence electrons. The smallest absolute Gasteiger partial charge is 0.246 e. The zero-order valence-corrected chi connectivity index (χ0v) is 14.5. The summed E-state index contributed by atoms with van der Waals surface area (Å²) in [6.07, 6.45) is 0.223. The van der Waals surface area contributed by atoms with Crippen molar-refractivity contribution in [2.75, 3.05) is 28.7 Å². The topological polar surface area (TPSA) is 102 Å². The minimum absolute atomic E-state index is 0.0629. The third kappa shape index (κ3) is 3.47. The van der Waals surface area contributed by atoms with Crippen molar-refractivity contribution in [3.8, 4) is 6.07 Å². The van der Waals surface area contributed by atoms with E-state index in [1.807, 2.05) is 31.2 Å². The number of hydrogen-bond donors (Lipinski definition) is 1. The maximum atomic E-state index is 13.0. The normalized spacial score (nSPS) is 16.1. The van der Waals surface area contributed by atoms with Crippen LogP contribution < -0.4 is 15.1 Å². The van der Waals surface area contributed by atoms with Gasteiger partial charge in [-0.1, -0.05) is 12.1 Å². The highest BCUT2D eigenvalue weighted by Gasteiger charge is 2.30. The summed E-state index contributed by atoms with van der Waals surface area (Å²) in [7, 11) is 1.73. The number of rotatable bonds is 3. The quantitative estimate of drug-likeness (QED) is 0.901. The van der Waals surface area contributed by atoms with Crippen molar-refractivity contribution in [2.24, 2.45) is 0 Å². The van der Waals surface area contributed by atoms with Crippen LogP contribution in [0, 0.1) is 11.3 Å². The number of para-hydroxylation sites is 2. The van der Waals surface area contributed by atoms with Crippen molar-refractivity contribution < 1.29 is 9.59 Å². The molecule has 1 atom stereocenters. The zero-order chi connectivity index (χ0) is 18.7. The molecule has 3 rings (SSSR count). The Morgan fingerprint density at radius 2 is 2.12 bits per heavy atom. The second-order valence-electron chi connectivity index (χ2n) is 6.13. The molecule has 1 aliphatic rings. The van der Waals surface area contributed by atoms with E-state index in [0.717, 1.165) is 0 Å². The van der Waals surface area contributed by atoms with Crippen LogP contribution >= 0.6 is 0 Å². The Bertz CT molecular complexity index is 874. The highest BCUT2D eigenvalue weighted by molar-refractivity contribution is 6.05. The van der Waals surface area contributed by atoms with Crippen LogP contribution in [0.15, 0.2) is 36.4 Å². The van der Waals surface area contributed by atoms with Crippen LogP contribution in [0.5, 0.6) is 0 Å². The number of carbonyl (C=O) groups is 2. The van der Waals surface area contributed by atoms with Crippen molar-refractivity contribution in [1.29, 1.82) is 5.26 Å². The lowest BCUT2D eigenvalue weighted by atomic mass is 10.1. The minimum atomic E-state index is -0.272. The molecule has 1 unspecified atom stereocenters. The molecule has 26 heavy (non-hydrogen) atoms. The van der Waals surface area contributed by atoms with Gasteiger partial charge in [0, 0.05) is 19.5 Å². The first-order chi connectivity index (χ1) is 12.5. The average Bonchev–Trinajstić information content (AvgIpc) is 2.75.